The van der Waals surface area contributed by atoms with Crippen LogP contribution in [-0.2, 0) is 6.54 Å². The summed E-state index contributed by atoms with van der Waals surface area (Å²) in [5, 5.41) is 5.05. The molecular formula is C14H18ClN3. The normalized spacial score (nSPS) is 12.7. The molecule has 2 N–H and O–H groups in total. The van der Waals surface area contributed by atoms with Crippen molar-refractivity contribution < 1.29 is 0 Å². The molecule has 3 nitrogen and oxygen atoms in total. The fourth-order valence-corrected chi connectivity index (χ4v) is 2.17. The van der Waals surface area contributed by atoms with Crippen LogP contribution in [0.3, 0.4) is 0 Å². The lowest BCUT2D eigenvalue weighted by Crippen LogP contribution is -2.17. The molecule has 96 valence electrons. The zero-order chi connectivity index (χ0) is 13.1. The second-order valence-corrected chi connectivity index (χ2v) is 4.87. The Balaban J connectivity index is 2.32. The summed E-state index contributed by atoms with van der Waals surface area (Å²) < 4.78 is 1.96. The lowest BCUT2D eigenvalue weighted by Gasteiger charge is -2.15. The minimum Gasteiger partial charge on any atom is -0.319 e. The summed E-state index contributed by atoms with van der Waals surface area (Å²) in [7, 11) is 0. The summed E-state index contributed by atoms with van der Waals surface area (Å²) in [6, 6.07) is 7.74. The smallest absolute Gasteiger partial charge is 0.0723 e. The summed E-state index contributed by atoms with van der Waals surface area (Å²) in [6.07, 6.45) is 2.83. The van der Waals surface area contributed by atoms with Crippen LogP contribution in [0.25, 0.3) is 0 Å². The molecule has 0 saturated carbocycles. The molecular weight excluding hydrogens is 246 g/mol. The Morgan fingerprint density at radius 3 is 2.83 bits per heavy atom. The summed E-state index contributed by atoms with van der Waals surface area (Å²) in [6.45, 7) is 4.99. The van der Waals surface area contributed by atoms with Crippen LogP contribution in [-0.4, -0.2) is 9.78 Å². The Morgan fingerprint density at radius 2 is 2.17 bits per heavy atom. The highest BCUT2D eigenvalue weighted by Crippen LogP contribution is 2.24. The molecule has 0 aliphatic heterocycles. The van der Waals surface area contributed by atoms with Gasteiger partial charge in [-0.2, -0.15) is 5.10 Å². The molecule has 0 aliphatic rings. The molecule has 2 rings (SSSR count). The Bertz CT molecular complexity index is 534. The van der Waals surface area contributed by atoms with Gasteiger partial charge < -0.3 is 5.73 Å². The summed E-state index contributed by atoms with van der Waals surface area (Å²) in [4.78, 5) is 0. The number of rotatable bonds is 4. The lowest BCUT2D eigenvalue weighted by atomic mass is 10.0. The molecule has 2 aromatic rings. The second-order valence-electron chi connectivity index (χ2n) is 4.47. The number of benzene rings is 1. The minimum absolute atomic E-state index is 0.183. The molecule has 0 fully saturated rings. The average molecular weight is 264 g/mol. The van der Waals surface area contributed by atoms with Crippen molar-refractivity contribution in [3.05, 3.63) is 52.3 Å². The highest BCUT2D eigenvalue weighted by Gasteiger charge is 2.14. The first-order valence-corrected chi connectivity index (χ1v) is 6.54. The van der Waals surface area contributed by atoms with E-state index in [-0.39, 0.29) is 6.04 Å². The lowest BCUT2D eigenvalue weighted by molar-refractivity contribution is 0.560. The number of aryl methyl sites for hydroxylation is 2. The maximum absolute atomic E-state index is 6.29. The molecule has 1 heterocycles. The predicted molar refractivity (Wildman–Crippen MR) is 74.7 cm³/mol. The number of hydrogen-bond donors (Lipinski definition) is 1. The van der Waals surface area contributed by atoms with Crippen LogP contribution >= 0.6 is 11.6 Å². The maximum Gasteiger partial charge on any atom is 0.0723 e. The van der Waals surface area contributed by atoms with E-state index in [1.807, 2.05) is 35.9 Å². The Hall–Kier alpha value is -1.32. The molecule has 0 aliphatic carbocycles. The van der Waals surface area contributed by atoms with Gasteiger partial charge in [-0.15, -0.1) is 0 Å². The molecule has 18 heavy (non-hydrogen) atoms. The third-order valence-electron chi connectivity index (χ3n) is 3.06. The Kier molecular flexibility index (Phi) is 4.04. The number of nitrogens with two attached hydrogens (primary N) is 1. The first-order valence-electron chi connectivity index (χ1n) is 6.16. The first kappa shape index (κ1) is 13.1. The number of nitrogens with zero attached hydrogens (tertiary/aromatic N) is 2. The molecule has 0 spiro atoms. The van der Waals surface area contributed by atoms with Gasteiger partial charge in [-0.25, -0.2) is 0 Å². The van der Waals surface area contributed by atoms with Crippen LogP contribution in [0.5, 0.6) is 0 Å². The van der Waals surface area contributed by atoms with Crippen LogP contribution in [0.15, 0.2) is 30.5 Å². The molecule has 0 bridgehead atoms. The molecule has 0 amide bonds. The Labute approximate surface area is 113 Å². The number of hydrogen-bond acceptors (Lipinski definition) is 2. The van der Waals surface area contributed by atoms with E-state index in [9.17, 15) is 0 Å². The first-order chi connectivity index (χ1) is 8.63. The van der Waals surface area contributed by atoms with Crippen LogP contribution in [0, 0.1) is 6.92 Å². The van der Waals surface area contributed by atoms with Gasteiger partial charge in [0.2, 0.25) is 0 Å². The van der Waals surface area contributed by atoms with Crippen molar-refractivity contribution in [2.75, 3.05) is 0 Å². The summed E-state index contributed by atoms with van der Waals surface area (Å²) in [5.41, 5.74) is 9.40. The van der Waals surface area contributed by atoms with E-state index in [2.05, 4.69) is 12.0 Å². The quantitative estimate of drug-likeness (QED) is 0.920. The second kappa shape index (κ2) is 5.55. The van der Waals surface area contributed by atoms with Crippen molar-refractivity contribution in [2.24, 2.45) is 5.73 Å². The zero-order valence-electron chi connectivity index (χ0n) is 10.7. The predicted octanol–water partition coefficient (Wildman–Crippen LogP) is 3.30. The van der Waals surface area contributed by atoms with Crippen molar-refractivity contribution in [3.8, 4) is 0 Å². The van der Waals surface area contributed by atoms with Crippen molar-refractivity contribution in [3.63, 3.8) is 0 Å². The van der Waals surface area contributed by atoms with Gasteiger partial charge in [0, 0.05) is 17.8 Å². The Morgan fingerprint density at radius 1 is 1.39 bits per heavy atom. The highest BCUT2D eigenvalue weighted by molar-refractivity contribution is 6.31. The zero-order valence-corrected chi connectivity index (χ0v) is 11.5. The maximum atomic E-state index is 6.29. The van der Waals surface area contributed by atoms with Gasteiger partial charge in [-0.3, -0.25) is 4.68 Å². The summed E-state index contributed by atoms with van der Waals surface area (Å²) >= 11 is 6.14. The SMILES string of the molecule is CCCn1nccc1C(N)c1ccc(C)c(Cl)c1. The third-order valence-corrected chi connectivity index (χ3v) is 3.47. The van der Waals surface area contributed by atoms with Gasteiger partial charge in [-0.05, 0) is 36.6 Å². The number of aromatic nitrogens is 2. The van der Waals surface area contributed by atoms with Crippen LogP contribution in [0.2, 0.25) is 5.02 Å². The van der Waals surface area contributed by atoms with Gasteiger partial charge in [0.15, 0.2) is 0 Å². The van der Waals surface area contributed by atoms with Gasteiger partial charge >= 0.3 is 0 Å². The summed E-state index contributed by atoms with van der Waals surface area (Å²) in [5.74, 6) is 0. The average Bonchev–Trinajstić information content (AvgIpc) is 2.80. The van der Waals surface area contributed by atoms with Gasteiger partial charge in [0.25, 0.3) is 0 Å². The van der Waals surface area contributed by atoms with Crippen molar-refractivity contribution >= 4 is 11.6 Å². The molecule has 0 saturated heterocycles. The van der Waals surface area contributed by atoms with E-state index in [4.69, 9.17) is 17.3 Å². The largest absolute Gasteiger partial charge is 0.319 e. The topological polar surface area (TPSA) is 43.8 Å². The molecule has 4 heteroatoms. The fourth-order valence-electron chi connectivity index (χ4n) is 1.98. The minimum atomic E-state index is -0.183. The van der Waals surface area contributed by atoms with Crippen LogP contribution < -0.4 is 5.73 Å². The third kappa shape index (κ3) is 2.57. The van der Waals surface area contributed by atoms with Crippen molar-refractivity contribution in [1.82, 2.24) is 9.78 Å². The van der Waals surface area contributed by atoms with Crippen LogP contribution in [0.1, 0.15) is 36.2 Å². The van der Waals surface area contributed by atoms with Gasteiger partial charge in [0.05, 0.1) is 11.7 Å². The van der Waals surface area contributed by atoms with E-state index in [1.165, 1.54) is 0 Å². The monoisotopic (exact) mass is 263 g/mol. The molecule has 1 unspecified atom stereocenters. The molecule has 0 radical (unpaired) electrons. The molecule has 1 aromatic heterocycles. The van der Waals surface area contributed by atoms with E-state index in [1.54, 1.807) is 6.20 Å². The van der Waals surface area contributed by atoms with Gasteiger partial charge in [0.1, 0.15) is 0 Å². The van der Waals surface area contributed by atoms with Crippen molar-refractivity contribution in [2.45, 2.75) is 32.9 Å². The van der Waals surface area contributed by atoms with Crippen LogP contribution in [0.4, 0.5) is 0 Å². The number of halogens is 1. The molecule has 1 atom stereocenters. The standard InChI is InChI=1S/C14H18ClN3/c1-3-8-18-13(6-7-17-18)14(16)11-5-4-10(2)12(15)9-11/h4-7,9,14H,3,8,16H2,1-2H3. The van der Waals surface area contributed by atoms with E-state index >= 15 is 0 Å². The van der Waals surface area contributed by atoms with E-state index in [0.29, 0.717) is 0 Å². The highest BCUT2D eigenvalue weighted by atomic mass is 35.5. The van der Waals surface area contributed by atoms with E-state index < -0.39 is 0 Å². The van der Waals surface area contributed by atoms with Crippen molar-refractivity contribution in [1.29, 1.82) is 0 Å². The molecule has 1 aromatic carbocycles. The van der Waals surface area contributed by atoms with Gasteiger partial charge in [-0.1, -0.05) is 30.7 Å². The van der Waals surface area contributed by atoms with E-state index in [0.717, 1.165) is 34.8 Å². The fraction of sp³-hybridized carbons (Fsp3) is 0.357.